The van der Waals surface area contributed by atoms with Gasteiger partial charge < -0.3 is 14.2 Å². The Hall–Kier alpha value is -2.67. The van der Waals surface area contributed by atoms with Crippen LogP contribution >= 0.6 is 0 Å². The summed E-state index contributed by atoms with van der Waals surface area (Å²) in [4.78, 5) is 0. The molecule has 0 spiro atoms. The first kappa shape index (κ1) is 14.3. The van der Waals surface area contributed by atoms with Gasteiger partial charge in [0.05, 0.1) is 18.7 Å². The molecule has 0 saturated heterocycles. The standard InChI is InChI=1S/C18H17NO3/c1-12(14-4-6-17-18(9-14)22-11-21-17)7-15-8-13(10-19)3-5-16(15)20-2/h3-6,8-9,12H,7,11H2,1-2H3/t12-/m1/s1. The van der Waals surface area contributed by atoms with E-state index in [1.165, 1.54) is 5.56 Å². The molecule has 0 saturated carbocycles. The Balaban J connectivity index is 1.85. The first-order valence-corrected chi connectivity index (χ1v) is 7.18. The van der Waals surface area contributed by atoms with Gasteiger partial charge in [0, 0.05) is 0 Å². The fraction of sp³-hybridized carbons (Fsp3) is 0.278. The molecule has 112 valence electrons. The minimum absolute atomic E-state index is 0.275. The highest BCUT2D eigenvalue weighted by Crippen LogP contribution is 2.36. The number of fused-ring (bicyclic) bond motifs is 1. The molecule has 0 aliphatic carbocycles. The summed E-state index contributed by atoms with van der Waals surface area (Å²) in [6.45, 7) is 2.43. The topological polar surface area (TPSA) is 51.5 Å². The SMILES string of the molecule is COc1ccc(C#N)cc1C[C@@H](C)c1ccc2c(c1)OCO2. The van der Waals surface area contributed by atoms with Gasteiger partial charge in [-0.3, -0.25) is 0 Å². The van der Waals surface area contributed by atoms with E-state index < -0.39 is 0 Å². The van der Waals surface area contributed by atoms with Crippen molar-refractivity contribution in [3.8, 4) is 23.3 Å². The van der Waals surface area contributed by atoms with Crippen LogP contribution in [-0.2, 0) is 6.42 Å². The van der Waals surface area contributed by atoms with Crippen molar-refractivity contribution in [2.45, 2.75) is 19.3 Å². The van der Waals surface area contributed by atoms with Gasteiger partial charge in [0.1, 0.15) is 5.75 Å². The third-order valence-corrected chi connectivity index (χ3v) is 3.90. The number of hydrogen-bond donors (Lipinski definition) is 0. The maximum atomic E-state index is 9.06. The molecular formula is C18H17NO3. The van der Waals surface area contributed by atoms with Gasteiger partial charge in [-0.1, -0.05) is 13.0 Å². The van der Waals surface area contributed by atoms with Crippen LogP contribution < -0.4 is 14.2 Å². The van der Waals surface area contributed by atoms with Crippen molar-refractivity contribution in [3.63, 3.8) is 0 Å². The molecule has 0 unspecified atom stereocenters. The Morgan fingerprint density at radius 2 is 2.00 bits per heavy atom. The maximum Gasteiger partial charge on any atom is 0.231 e. The Morgan fingerprint density at radius 3 is 2.77 bits per heavy atom. The first-order valence-electron chi connectivity index (χ1n) is 7.18. The molecule has 2 aromatic carbocycles. The van der Waals surface area contributed by atoms with E-state index in [1.807, 2.05) is 24.3 Å². The predicted octanol–water partition coefficient (Wildman–Crippen LogP) is 3.64. The predicted molar refractivity (Wildman–Crippen MR) is 82.4 cm³/mol. The summed E-state index contributed by atoms with van der Waals surface area (Å²) >= 11 is 0. The minimum atomic E-state index is 0.275. The number of rotatable bonds is 4. The number of nitrogens with zero attached hydrogens (tertiary/aromatic N) is 1. The summed E-state index contributed by atoms with van der Waals surface area (Å²) in [5.41, 5.74) is 2.86. The average molecular weight is 295 g/mol. The van der Waals surface area contributed by atoms with Gasteiger partial charge in [-0.05, 0) is 53.8 Å². The van der Waals surface area contributed by atoms with Gasteiger partial charge in [0.2, 0.25) is 6.79 Å². The Bertz CT molecular complexity index is 734. The van der Waals surface area contributed by atoms with E-state index in [9.17, 15) is 0 Å². The van der Waals surface area contributed by atoms with Crippen molar-refractivity contribution >= 4 is 0 Å². The van der Waals surface area contributed by atoms with Crippen molar-refractivity contribution in [2.75, 3.05) is 13.9 Å². The minimum Gasteiger partial charge on any atom is -0.496 e. The van der Waals surface area contributed by atoms with Crippen LogP contribution in [0.25, 0.3) is 0 Å². The lowest BCUT2D eigenvalue weighted by atomic mass is 9.92. The fourth-order valence-corrected chi connectivity index (χ4v) is 2.68. The molecule has 1 aliphatic rings. The van der Waals surface area contributed by atoms with Crippen molar-refractivity contribution in [2.24, 2.45) is 0 Å². The molecule has 0 bridgehead atoms. The van der Waals surface area contributed by atoms with Gasteiger partial charge >= 0.3 is 0 Å². The van der Waals surface area contributed by atoms with E-state index in [0.29, 0.717) is 5.56 Å². The summed E-state index contributed by atoms with van der Waals surface area (Å²) in [5.74, 6) is 2.67. The van der Waals surface area contributed by atoms with Crippen molar-refractivity contribution in [3.05, 3.63) is 53.1 Å². The second kappa shape index (κ2) is 5.98. The van der Waals surface area contributed by atoms with E-state index >= 15 is 0 Å². The largest absolute Gasteiger partial charge is 0.496 e. The zero-order valence-corrected chi connectivity index (χ0v) is 12.6. The lowest BCUT2D eigenvalue weighted by molar-refractivity contribution is 0.174. The normalized spacial score (nSPS) is 13.5. The van der Waals surface area contributed by atoms with Gasteiger partial charge in [0.15, 0.2) is 11.5 Å². The third kappa shape index (κ3) is 2.71. The van der Waals surface area contributed by atoms with Crippen molar-refractivity contribution < 1.29 is 14.2 Å². The van der Waals surface area contributed by atoms with Crippen molar-refractivity contribution in [1.29, 1.82) is 5.26 Å². The number of nitriles is 1. The highest BCUT2D eigenvalue weighted by atomic mass is 16.7. The van der Waals surface area contributed by atoms with Gasteiger partial charge in [0.25, 0.3) is 0 Å². The summed E-state index contributed by atoms with van der Waals surface area (Å²) < 4.78 is 16.2. The third-order valence-electron chi connectivity index (χ3n) is 3.90. The van der Waals surface area contributed by atoms with E-state index in [-0.39, 0.29) is 12.7 Å². The fourth-order valence-electron chi connectivity index (χ4n) is 2.68. The average Bonchev–Trinajstić information content (AvgIpc) is 3.02. The summed E-state index contributed by atoms with van der Waals surface area (Å²) in [5, 5.41) is 9.06. The summed E-state index contributed by atoms with van der Waals surface area (Å²) in [6, 6.07) is 13.7. The zero-order chi connectivity index (χ0) is 15.5. The molecule has 0 radical (unpaired) electrons. The number of benzene rings is 2. The smallest absolute Gasteiger partial charge is 0.231 e. The molecule has 3 rings (SSSR count). The van der Waals surface area contributed by atoms with Crippen LogP contribution in [0.3, 0.4) is 0 Å². The van der Waals surface area contributed by atoms with Crippen LogP contribution in [0.1, 0.15) is 29.5 Å². The molecule has 0 amide bonds. The van der Waals surface area contributed by atoms with Crippen LogP contribution in [0, 0.1) is 11.3 Å². The Kier molecular flexibility index (Phi) is 3.88. The molecule has 1 heterocycles. The summed E-state index contributed by atoms with van der Waals surface area (Å²) in [6.07, 6.45) is 0.790. The van der Waals surface area contributed by atoms with E-state index in [4.69, 9.17) is 19.5 Å². The lowest BCUT2D eigenvalue weighted by Gasteiger charge is -2.15. The maximum absolute atomic E-state index is 9.06. The Morgan fingerprint density at radius 1 is 1.18 bits per heavy atom. The van der Waals surface area contributed by atoms with Crippen LogP contribution in [0.5, 0.6) is 17.2 Å². The highest BCUT2D eigenvalue weighted by Gasteiger charge is 2.17. The van der Waals surface area contributed by atoms with E-state index in [0.717, 1.165) is 29.2 Å². The molecule has 4 heteroatoms. The molecule has 2 aromatic rings. The number of hydrogen-bond acceptors (Lipinski definition) is 4. The van der Waals surface area contributed by atoms with Crippen molar-refractivity contribution in [1.82, 2.24) is 0 Å². The van der Waals surface area contributed by atoms with Gasteiger partial charge in [-0.2, -0.15) is 5.26 Å². The van der Waals surface area contributed by atoms with Gasteiger partial charge in [-0.25, -0.2) is 0 Å². The van der Waals surface area contributed by atoms with Crippen LogP contribution in [0.4, 0.5) is 0 Å². The quantitative estimate of drug-likeness (QED) is 0.864. The van der Waals surface area contributed by atoms with Gasteiger partial charge in [-0.15, -0.1) is 0 Å². The monoisotopic (exact) mass is 295 g/mol. The highest BCUT2D eigenvalue weighted by molar-refractivity contribution is 5.47. The molecule has 0 N–H and O–H groups in total. The lowest BCUT2D eigenvalue weighted by Crippen LogP contribution is -2.01. The molecule has 0 aromatic heterocycles. The molecular weight excluding hydrogens is 278 g/mol. The van der Waals surface area contributed by atoms with Crippen LogP contribution in [0.2, 0.25) is 0 Å². The molecule has 0 fully saturated rings. The van der Waals surface area contributed by atoms with Crippen LogP contribution in [-0.4, -0.2) is 13.9 Å². The number of ether oxygens (including phenoxy) is 3. The second-order valence-corrected chi connectivity index (χ2v) is 5.36. The van der Waals surface area contributed by atoms with Crippen LogP contribution in [0.15, 0.2) is 36.4 Å². The van der Waals surface area contributed by atoms with E-state index in [1.54, 1.807) is 13.2 Å². The molecule has 22 heavy (non-hydrogen) atoms. The molecule has 4 nitrogen and oxygen atoms in total. The number of methoxy groups -OCH3 is 1. The second-order valence-electron chi connectivity index (χ2n) is 5.36. The summed E-state index contributed by atoms with van der Waals surface area (Å²) in [7, 11) is 1.65. The Labute approximate surface area is 129 Å². The zero-order valence-electron chi connectivity index (χ0n) is 12.6. The van der Waals surface area contributed by atoms with E-state index in [2.05, 4.69) is 19.1 Å². The first-order chi connectivity index (χ1) is 10.7. The molecule has 1 aliphatic heterocycles. The molecule has 1 atom stereocenters.